The Balaban J connectivity index is 2.56. The predicted octanol–water partition coefficient (Wildman–Crippen LogP) is 1.39. The van der Waals surface area contributed by atoms with E-state index in [0.717, 1.165) is 0 Å². The third-order valence-electron chi connectivity index (χ3n) is 2.77. The van der Waals surface area contributed by atoms with Gasteiger partial charge in [0.25, 0.3) is 0 Å². The molecule has 0 saturated heterocycles. The number of phenolic OH excluding ortho intramolecular Hbond substituents is 1. The summed E-state index contributed by atoms with van der Waals surface area (Å²) >= 11 is 0. The van der Waals surface area contributed by atoms with E-state index in [4.69, 9.17) is 0 Å². The van der Waals surface area contributed by atoms with Gasteiger partial charge in [0.2, 0.25) is 5.91 Å². The van der Waals surface area contributed by atoms with Crippen molar-refractivity contribution in [3.63, 3.8) is 0 Å². The van der Waals surface area contributed by atoms with Crippen molar-refractivity contribution in [3.05, 3.63) is 29.6 Å². The lowest BCUT2D eigenvalue weighted by atomic mass is 9.92. The first-order valence-electron chi connectivity index (χ1n) is 5.77. The first kappa shape index (κ1) is 14.4. The summed E-state index contributed by atoms with van der Waals surface area (Å²) in [5.41, 5.74) is -0.0831. The largest absolute Gasteiger partial charge is 0.508 e. The lowest BCUT2D eigenvalue weighted by molar-refractivity contribution is -0.128. The van der Waals surface area contributed by atoms with Crippen molar-refractivity contribution in [1.82, 2.24) is 10.6 Å². The quantitative estimate of drug-likeness (QED) is 0.744. The molecule has 0 fully saturated rings. The number of aromatic hydroxyl groups is 1. The van der Waals surface area contributed by atoms with E-state index in [1.807, 2.05) is 13.8 Å². The summed E-state index contributed by atoms with van der Waals surface area (Å²) < 4.78 is 13.0. The Morgan fingerprint density at radius 3 is 2.72 bits per heavy atom. The van der Waals surface area contributed by atoms with Crippen molar-refractivity contribution >= 4 is 5.91 Å². The average Bonchev–Trinajstić information content (AvgIpc) is 2.32. The van der Waals surface area contributed by atoms with Gasteiger partial charge in [0.15, 0.2) is 0 Å². The number of carbonyl (C=O) groups excluding carboxylic acids is 1. The molecule has 1 amide bonds. The van der Waals surface area contributed by atoms with E-state index in [0.29, 0.717) is 18.7 Å². The Kier molecular flexibility index (Phi) is 4.67. The van der Waals surface area contributed by atoms with Crippen LogP contribution in [0.3, 0.4) is 0 Å². The van der Waals surface area contributed by atoms with Crippen molar-refractivity contribution in [1.29, 1.82) is 0 Å². The van der Waals surface area contributed by atoms with Gasteiger partial charge in [-0.05, 0) is 32.0 Å². The number of hydrogen-bond acceptors (Lipinski definition) is 3. The molecule has 4 nitrogen and oxygen atoms in total. The second-order valence-corrected chi connectivity index (χ2v) is 4.84. The van der Waals surface area contributed by atoms with Gasteiger partial charge in [-0.3, -0.25) is 4.79 Å². The molecule has 3 N–H and O–H groups in total. The number of phenols is 1. The van der Waals surface area contributed by atoms with Crippen LogP contribution in [0.15, 0.2) is 18.2 Å². The first-order chi connectivity index (χ1) is 8.36. The smallest absolute Gasteiger partial charge is 0.226 e. The minimum absolute atomic E-state index is 0.0432. The van der Waals surface area contributed by atoms with E-state index in [9.17, 15) is 14.3 Å². The zero-order valence-corrected chi connectivity index (χ0v) is 10.9. The van der Waals surface area contributed by atoms with Gasteiger partial charge in [-0.2, -0.15) is 0 Å². The Bertz CT molecular complexity index is 433. The van der Waals surface area contributed by atoms with E-state index in [-0.39, 0.29) is 11.7 Å². The Hall–Kier alpha value is -1.62. The summed E-state index contributed by atoms with van der Waals surface area (Å²) in [6.45, 7) is 4.36. The molecule has 0 bridgehead atoms. The van der Waals surface area contributed by atoms with E-state index in [2.05, 4.69) is 10.6 Å². The van der Waals surface area contributed by atoms with Gasteiger partial charge in [0.05, 0.1) is 5.41 Å². The predicted molar refractivity (Wildman–Crippen MR) is 67.6 cm³/mol. The number of halogens is 1. The third kappa shape index (κ3) is 3.70. The minimum Gasteiger partial charge on any atom is -0.508 e. The molecule has 0 aliphatic carbocycles. The second kappa shape index (κ2) is 5.82. The molecule has 0 radical (unpaired) electrons. The standard InChI is InChI=1S/C13H19FN2O2/c1-13(2,12(18)15-3)8-16-7-9-6-10(14)4-5-11(9)17/h4-6,16-17H,7-8H2,1-3H3,(H,15,18). The molecule has 0 aromatic heterocycles. The zero-order chi connectivity index (χ0) is 13.8. The molecule has 0 saturated carbocycles. The highest BCUT2D eigenvalue weighted by Crippen LogP contribution is 2.18. The molecule has 0 spiro atoms. The van der Waals surface area contributed by atoms with Crippen LogP contribution in [-0.2, 0) is 11.3 Å². The molecule has 1 aromatic carbocycles. The average molecular weight is 254 g/mol. The number of hydrogen-bond donors (Lipinski definition) is 3. The maximum Gasteiger partial charge on any atom is 0.226 e. The molecular weight excluding hydrogens is 235 g/mol. The lowest BCUT2D eigenvalue weighted by Crippen LogP contribution is -2.41. The van der Waals surface area contributed by atoms with Crippen LogP contribution in [0.2, 0.25) is 0 Å². The molecule has 0 atom stereocenters. The molecule has 0 unspecified atom stereocenters. The van der Waals surface area contributed by atoms with Gasteiger partial charge in [-0.1, -0.05) is 0 Å². The van der Waals surface area contributed by atoms with Gasteiger partial charge in [0.1, 0.15) is 11.6 Å². The monoisotopic (exact) mass is 254 g/mol. The molecular formula is C13H19FN2O2. The summed E-state index contributed by atoms with van der Waals surface area (Å²) in [5.74, 6) is -0.421. The Morgan fingerprint density at radius 1 is 1.44 bits per heavy atom. The van der Waals surface area contributed by atoms with E-state index in [1.54, 1.807) is 7.05 Å². The maximum atomic E-state index is 13.0. The molecule has 1 aromatic rings. The SMILES string of the molecule is CNC(=O)C(C)(C)CNCc1cc(F)ccc1O. The van der Waals surface area contributed by atoms with Crippen LogP contribution in [0.5, 0.6) is 5.75 Å². The molecule has 1 rings (SSSR count). The highest BCUT2D eigenvalue weighted by molar-refractivity contribution is 5.81. The van der Waals surface area contributed by atoms with Crippen molar-refractivity contribution in [3.8, 4) is 5.75 Å². The number of amides is 1. The number of benzene rings is 1. The third-order valence-corrected chi connectivity index (χ3v) is 2.77. The fourth-order valence-electron chi connectivity index (χ4n) is 1.62. The molecule has 0 aliphatic heterocycles. The van der Waals surface area contributed by atoms with Crippen LogP contribution in [-0.4, -0.2) is 24.6 Å². The molecule has 100 valence electrons. The summed E-state index contributed by atoms with van der Waals surface area (Å²) in [6, 6.07) is 3.79. The van der Waals surface area contributed by atoms with E-state index in [1.165, 1.54) is 18.2 Å². The van der Waals surface area contributed by atoms with Gasteiger partial charge in [-0.15, -0.1) is 0 Å². The maximum absolute atomic E-state index is 13.0. The summed E-state index contributed by atoms with van der Waals surface area (Å²) in [7, 11) is 1.59. The van der Waals surface area contributed by atoms with E-state index >= 15 is 0 Å². The highest BCUT2D eigenvalue weighted by atomic mass is 19.1. The summed E-state index contributed by atoms with van der Waals surface area (Å²) in [4.78, 5) is 11.5. The highest BCUT2D eigenvalue weighted by Gasteiger charge is 2.25. The lowest BCUT2D eigenvalue weighted by Gasteiger charge is -2.23. The number of nitrogens with one attached hydrogen (secondary N) is 2. The number of rotatable bonds is 5. The first-order valence-corrected chi connectivity index (χ1v) is 5.77. The summed E-state index contributed by atoms with van der Waals surface area (Å²) in [5, 5.41) is 15.2. The van der Waals surface area contributed by atoms with Gasteiger partial charge in [-0.25, -0.2) is 4.39 Å². The fraction of sp³-hybridized carbons (Fsp3) is 0.462. The minimum atomic E-state index is -0.558. The molecule has 5 heteroatoms. The van der Waals surface area contributed by atoms with E-state index < -0.39 is 11.2 Å². The van der Waals surface area contributed by atoms with Gasteiger partial charge in [0, 0.05) is 25.7 Å². The van der Waals surface area contributed by atoms with Crippen LogP contribution in [0.4, 0.5) is 4.39 Å². The van der Waals surface area contributed by atoms with Crippen molar-refractivity contribution in [2.24, 2.45) is 5.41 Å². The van der Waals surface area contributed by atoms with Crippen LogP contribution in [0.25, 0.3) is 0 Å². The number of carbonyl (C=O) groups is 1. The Labute approximate surface area is 106 Å². The van der Waals surface area contributed by atoms with Crippen molar-refractivity contribution in [2.75, 3.05) is 13.6 Å². The van der Waals surface area contributed by atoms with Crippen molar-refractivity contribution < 1.29 is 14.3 Å². The molecule has 18 heavy (non-hydrogen) atoms. The van der Waals surface area contributed by atoms with Crippen molar-refractivity contribution in [2.45, 2.75) is 20.4 Å². The van der Waals surface area contributed by atoms with Crippen LogP contribution < -0.4 is 10.6 Å². The van der Waals surface area contributed by atoms with Gasteiger partial charge >= 0.3 is 0 Å². The van der Waals surface area contributed by atoms with Gasteiger partial charge < -0.3 is 15.7 Å². The molecule has 0 heterocycles. The Morgan fingerprint density at radius 2 is 2.11 bits per heavy atom. The normalized spacial score (nSPS) is 11.3. The van der Waals surface area contributed by atoms with Crippen LogP contribution in [0.1, 0.15) is 19.4 Å². The topological polar surface area (TPSA) is 61.4 Å². The summed E-state index contributed by atoms with van der Waals surface area (Å²) in [6.07, 6.45) is 0. The zero-order valence-electron chi connectivity index (χ0n) is 10.9. The second-order valence-electron chi connectivity index (χ2n) is 4.84. The molecule has 0 aliphatic rings. The fourth-order valence-corrected chi connectivity index (χ4v) is 1.62. The van der Waals surface area contributed by atoms with Crippen LogP contribution in [0, 0.1) is 11.2 Å². The van der Waals surface area contributed by atoms with Crippen LogP contribution >= 0.6 is 0 Å².